The highest BCUT2D eigenvalue weighted by molar-refractivity contribution is 5.77. The molecule has 0 radical (unpaired) electrons. The first-order valence-electron chi connectivity index (χ1n) is 7.52. The first kappa shape index (κ1) is 18.9. The smallest absolute Gasteiger partial charge is 0.467 e. The minimum Gasteiger partial charge on any atom is -0.467 e. The van der Waals surface area contributed by atoms with Gasteiger partial charge in [0, 0.05) is 13.6 Å². The summed E-state index contributed by atoms with van der Waals surface area (Å²) < 4.78 is 45.4. The van der Waals surface area contributed by atoms with Gasteiger partial charge >= 0.3 is 6.36 Å². The van der Waals surface area contributed by atoms with Crippen molar-refractivity contribution in [2.75, 3.05) is 20.6 Å². The van der Waals surface area contributed by atoms with Crippen LogP contribution in [0.25, 0.3) is 0 Å². The van der Waals surface area contributed by atoms with Crippen molar-refractivity contribution in [1.82, 2.24) is 9.80 Å². The van der Waals surface area contributed by atoms with Crippen molar-refractivity contribution >= 4 is 5.91 Å². The largest absolute Gasteiger partial charge is 0.573 e. The number of hydrogen-bond donors (Lipinski definition) is 0. The molecule has 0 unspecified atom stereocenters. The Bertz CT molecular complexity index is 669. The van der Waals surface area contributed by atoms with E-state index in [1.165, 1.54) is 24.3 Å². The van der Waals surface area contributed by atoms with E-state index in [4.69, 9.17) is 4.42 Å². The van der Waals surface area contributed by atoms with Gasteiger partial charge in [0.1, 0.15) is 11.5 Å². The minimum atomic E-state index is -4.71. The second-order valence-electron chi connectivity index (χ2n) is 5.69. The maximum Gasteiger partial charge on any atom is 0.573 e. The lowest BCUT2D eigenvalue weighted by Crippen LogP contribution is -2.35. The van der Waals surface area contributed by atoms with Gasteiger partial charge in [-0.15, -0.1) is 13.2 Å². The Kier molecular flexibility index (Phi) is 6.08. The molecule has 0 fully saturated rings. The van der Waals surface area contributed by atoms with Crippen molar-refractivity contribution in [3.63, 3.8) is 0 Å². The fraction of sp³-hybridized carbons (Fsp3) is 0.353. The summed E-state index contributed by atoms with van der Waals surface area (Å²) in [7, 11) is 3.45. The highest BCUT2D eigenvalue weighted by Gasteiger charge is 2.30. The summed E-state index contributed by atoms with van der Waals surface area (Å²) in [6, 6.07) is 9.12. The Balaban J connectivity index is 1.82. The minimum absolute atomic E-state index is 0.0871. The molecule has 1 amide bonds. The molecule has 2 aromatic rings. The van der Waals surface area contributed by atoms with E-state index in [2.05, 4.69) is 4.74 Å². The fourth-order valence-corrected chi connectivity index (χ4v) is 2.24. The molecule has 1 aromatic heterocycles. The van der Waals surface area contributed by atoms with Crippen LogP contribution in [0.3, 0.4) is 0 Å². The van der Waals surface area contributed by atoms with E-state index >= 15 is 0 Å². The summed E-state index contributed by atoms with van der Waals surface area (Å²) in [5.74, 6) is 0.336. The molecule has 0 aliphatic heterocycles. The molecule has 5 nitrogen and oxygen atoms in total. The van der Waals surface area contributed by atoms with Gasteiger partial charge in [0.15, 0.2) is 0 Å². The third kappa shape index (κ3) is 6.50. The van der Waals surface area contributed by atoms with Crippen LogP contribution < -0.4 is 4.74 Å². The number of benzene rings is 1. The van der Waals surface area contributed by atoms with Gasteiger partial charge in [-0.3, -0.25) is 9.69 Å². The molecule has 0 N–H and O–H groups in total. The first-order chi connectivity index (χ1) is 11.7. The van der Waals surface area contributed by atoms with Crippen LogP contribution in [0, 0.1) is 0 Å². The van der Waals surface area contributed by atoms with Crippen LogP contribution in [0.2, 0.25) is 0 Å². The van der Waals surface area contributed by atoms with Crippen molar-refractivity contribution < 1.29 is 27.1 Å². The van der Waals surface area contributed by atoms with Gasteiger partial charge in [-0.25, -0.2) is 0 Å². The van der Waals surface area contributed by atoms with Gasteiger partial charge in [-0.05, 0) is 36.9 Å². The zero-order chi connectivity index (χ0) is 18.4. The maximum absolute atomic E-state index is 12.2. The Labute approximate surface area is 143 Å². The van der Waals surface area contributed by atoms with Crippen LogP contribution >= 0.6 is 0 Å². The molecule has 2 rings (SSSR count). The van der Waals surface area contributed by atoms with E-state index in [0.717, 1.165) is 5.56 Å². The van der Waals surface area contributed by atoms with E-state index in [9.17, 15) is 18.0 Å². The molecular weight excluding hydrogens is 337 g/mol. The number of amides is 1. The third-order valence-electron chi connectivity index (χ3n) is 3.41. The summed E-state index contributed by atoms with van der Waals surface area (Å²) in [6.07, 6.45) is -3.16. The summed E-state index contributed by atoms with van der Waals surface area (Å²) in [5.41, 5.74) is 0.776. The number of furan rings is 1. The predicted molar refractivity (Wildman–Crippen MR) is 84.6 cm³/mol. The van der Waals surface area contributed by atoms with Gasteiger partial charge in [0.2, 0.25) is 5.91 Å². The highest BCUT2D eigenvalue weighted by atomic mass is 19.4. The zero-order valence-electron chi connectivity index (χ0n) is 13.9. The molecule has 0 aliphatic carbocycles. The molecule has 0 saturated carbocycles. The predicted octanol–water partition coefficient (Wildman–Crippen LogP) is 3.27. The van der Waals surface area contributed by atoms with Gasteiger partial charge in [-0.1, -0.05) is 12.1 Å². The maximum atomic E-state index is 12.2. The van der Waals surface area contributed by atoms with Crippen LogP contribution in [0.4, 0.5) is 13.2 Å². The van der Waals surface area contributed by atoms with E-state index in [0.29, 0.717) is 18.8 Å². The topological polar surface area (TPSA) is 45.9 Å². The summed E-state index contributed by atoms with van der Waals surface area (Å²) in [4.78, 5) is 15.5. The van der Waals surface area contributed by atoms with Crippen molar-refractivity contribution in [3.8, 4) is 5.75 Å². The SMILES string of the molecule is CN(CC(=O)N(C)Cc1ccco1)Cc1ccc(OC(F)(F)F)cc1. The molecule has 1 aromatic carbocycles. The monoisotopic (exact) mass is 356 g/mol. The van der Waals surface area contributed by atoms with E-state index in [1.54, 1.807) is 42.3 Å². The molecule has 0 atom stereocenters. The van der Waals surface area contributed by atoms with Gasteiger partial charge < -0.3 is 14.1 Å². The Morgan fingerprint density at radius 3 is 2.36 bits per heavy atom. The summed E-state index contributed by atoms with van der Waals surface area (Å²) in [6.45, 7) is 0.980. The van der Waals surface area contributed by atoms with Crippen LogP contribution in [-0.4, -0.2) is 42.7 Å². The van der Waals surface area contributed by atoms with E-state index < -0.39 is 6.36 Å². The first-order valence-corrected chi connectivity index (χ1v) is 7.52. The number of carbonyl (C=O) groups excluding carboxylic acids is 1. The molecule has 0 spiro atoms. The second-order valence-corrected chi connectivity index (χ2v) is 5.69. The number of alkyl halides is 3. The van der Waals surface area contributed by atoms with Crippen molar-refractivity contribution in [2.45, 2.75) is 19.5 Å². The molecule has 8 heteroatoms. The van der Waals surface area contributed by atoms with Crippen LogP contribution in [0.15, 0.2) is 47.1 Å². The highest BCUT2D eigenvalue weighted by Crippen LogP contribution is 2.23. The van der Waals surface area contributed by atoms with Crippen molar-refractivity contribution in [3.05, 3.63) is 54.0 Å². The molecule has 136 valence electrons. The number of nitrogens with zero attached hydrogens (tertiary/aromatic N) is 2. The molecule has 25 heavy (non-hydrogen) atoms. The molecule has 0 aliphatic rings. The number of ether oxygens (including phenoxy) is 1. The number of rotatable bonds is 7. The lowest BCUT2D eigenvalue weighted by Gasteiger charge is -2.21. The standard InChI is InChI=1S/C17H19F3N2O3/c1-21(12-16(23)22(2)11-15-4-3-9-24-15)10-13-5-7-14(8-6-13)25-17(18,19)20/h3-9H,10-12H2,1-2H3. The Morgan fingerprint density at radius 1 is 1.12 bits per heavy atom. The van der Waals surface area contributed by atoms with Crippen LogP contribution in [0.1, 0.15) is 11.3 Å². The molecular formula is C17H19F3N2O3. The quantitative estimate of drug-likeness (QED) is 0.764. The van der Waals surface area contributed by atoms with Crippen molar-refractivity contribution in [1.29, 1.82) is 0 Å². The molecule has 1 heterocycles. The third-order valence-corrected chi connectivity index (χ3v) is 3.41. The lowest BCUT2D eigenvalue weighted by molar-refractivity contribution is -0.274. The summed E-state index contributed by atoms with van der Waals surface area (Å²) in [5, 5.41) is 0. The average molecular weight is 356 g/mol. The van der Waals surface area contributed by atoms with Gasteiger partial charge in [-0.2, -0.15) is 0 Å². The van der Waals surface area contributed by atoms with Gasteiger partial charge in [0.25, 0.3) is 0 Å². The molecule has 0 bridgehead atoms. The molecule has 0 saturated heterocycles. The Morgan fingerprint density at radius 2 is 1.80 bits per heavy atom. The van der Waals surface area contributed by atoms with E-state index in [-0.39, 0.29) is 18.2 Å². The lowest BCUT2D eigenvalue weighted by atomic mass is 10.2. The number of halogens is 3. The zero-order valence-corrected chi connectivity index (χ0v) is 13.9. The Hall–Kier alpha value is -2.48. The van der Waals surface area contributed by atoms with Crippen LogP contribution in [-0.2, 0) is 17.9 Å². The average Bonchev–Trinajstić information content (AvgIpc) is 3.00. The van der Waals surface area contributed by atoms with Crippen molar-refractivity contribution in [2.24, 2.45) is 0 Å². The second kappa shape index (κ2) is 8.06. The number of hydrogen-bond acceptors (Lipinski definition) is 4. The van der Waals surface area contributed by atoms with Crippen LogP contribution in [0.5, 0.6) is 5.75 Å². The number of carbonyl (C=O) groups is 1. The normalized spacial score (nSPS) is 11.6. The van der Waals surface area contributed by atoms with Gasteiger partial charge in [0.05, 0.1) is 19.4 Å². The number of likely N-dealkylation sites (N-methyl/N-ethyl adjacent to an activating group) is 2. The van der Waals surface area contributed by atoms with E-state index in [1.807, 2.05) is 0 Å². The fourth-order valence-electron chi connectivity index (χ4n) is 2.24. The summed E-state index contributed by atoms with van der Waals surface area (Å²) >= 11 is 0.